The second-order valence-corrected chi connectivity index (χ2v) is 6.96. The van der Waals surface area contributed by atoms with E-state index in [0.29, 0.717) is 19.0 Å². The molecule has 4 bridgehead atoms. The molecule has 0 spiro atoms. The van der Waals surface area contributed by atoms with Gasteiger partial charge in [-0.05, 0) is 56.3 Å². The van der Waals surface area contributed by atoms with Crippen LogP contribution in [0, 0.1) is 23.2 Å². The molecule has 0 heterocycles. The first-order valence-electron chi connectivity index (χ1n) is 7.68. The van der Waals surface area contributed by atoms with E-state index < -0.39 is 0 Å². The Morgan fingerprint density at radius 3 is 2.16 bits per heavy atom. The average Bonchev–Trinajstić information content (AvgIpc) is 2.36. The van der Waals surface area contributed by atoms with Crippen molar-refractivity contribution in [3.8, 4) is 0 Å². The van der Waals surface area contributed by atoms with E-state index in [1.807, 2.05) is 4.90 Å². The summed E-state index contributed by atoms with van der Waals surface area (Å²) in [7, 11) is 0. The second-order valence-electron chi connectivity index (χ2n) is 6.96. The molecule has 1 N–H and O–H groups in total. The minimum Gasteiger partial charge on any atom is -0.395 e. The Balaban J connectivity index is 1.79. The molecule has 4 aliphatic carbocycles. The highest BCUT2D eigenvalue weighted by Gasteiger charge is 2.55. The Bertz CT molecular complexity index is 342. The van der Waals surface area contributed by atoms with Crippen LogP contribution in [0.2, 0.25) is 0 Å². The van der Waals surface area contributed by atoms with Crippen LogP contribution >= 0.6 is 0 Å². The largest absolute Gasteiger partial charge is 0.395 e. The van der Waals surface area contributed by atoms with Gasteiger partial charge in [0.05, 0.1) is 12.0 Å². The molecule has 1 amide bonds. The van der Waals surface area contributed by atoms with Gasteiger partial charge in [0.25, 0.3) is 0 Å². The van der Waals surface area contributed by atoms with Crippen LogP contribution in [0.15, 0.2) is 12.7 Å². The first-order chi connectivity index (χ1) is 9.16. The smallest absolute Gasteiger partial charge is 0.229 e. The molecule has 0 radical (unpaired) electrons. The summed E-state index contributed by atoms with van der Waals surface area (Å²) in [5, 5.41) is 9.17. The number of aliphatic hydroxyl groups excluding tert-OH is 1. The molecule has 0 unspecified atom stereocenters. The highest BCUT2D eigenvalue weighted by Crippen LogP contribution is 2.60. The normalized spacial score (nSPS) is 39.3. The molecule has 19 heavy (non-hydrogen) atoms. The summed E-state index contributed by atoms with van der Waals surface area (Å²) in [5.74, 6) is 2.65. The fraction of sp³-hybridized carbons (Fsp3) is 0.812. The van der Waals surface area contributed by atoms with Crippen LogP contribution in [0.5, 0.6) is 0 Å². The van der Waals surface area contributed by atoms with E-state index in [0.717, 1.165) is 37.0 Å². The quantitative estimate of drug-likeness (QED) is 0.773. The summed E-state index contributed by atoms with van der Waals surface area (Å²) >= 11 is 0. The maximum Gasteiger partial charge on any atom is 0.229 e. The van der Waals surface area contributed by atoms with Crippen molar-refractivity contribution < 1.29 is 9.90 Å². The molecule has 0 aromatic carbocycles. The molecule has 4 saturated carbocycles. The van der Waals surface area contributed by atoms with Gasteiger partial charge in [-0.25, -0.2) is 0 Å². The zero-order chi connectivity index (χ0) is 13.5. The summed E-state index contributed by atoms with van der Waals surface area (Å²) in [4.78, 5) is 14.8. The van der Waals surface area contributed by atoms with Crippen molar-refractivity contribution in [2.75, 3.05) is 19.7 Å². The van der Waals surface area contributed by atoms with E-state index in [1.54, 1.807) is 6.08 Å². The van der Waals surface area contributed by atoms with E-state index >= 15 is 0 Å². The third kappa shape index (κ3) is 2.22. The van der Waals surface area contributed by atoms with Gasteiger partial charge in [0, 0.05) is 13.1 Å². The number of amides is 1. The highest BCUT2D eigenvalue weighted by molar-refractivity contribution is 5.83. The topological polar surface area (TPSA) is 40.5 Å². The number of hydrogen-bond acceptors (Lipinski definition) is 2. The molecule has 0 aliphatic heterocycles. The summed E-state index contributed by atoms with van der Waals surface area (Å²) in [6, 6.07) is 0. The van der Waals surface area contributed by atoms with Gasteiger partial charge in [-0.3, -0.25) is 4.79 Å². The molecule has 3 heteroatoms. The van der Waals surface area contributed by atoms with Gasteiger partial charge < -0.3 is 10.0 Å². The van der Waals surface area contributed by atoms with Crippen molar-refractivity contribution in [1.82, 2.24) is 4.90 Å². The van der Waals surface area contributed by atoms with Crippen molar-refractivity contribution in [3.63, 3.8) is 0 Å². The average molecular weight is 263 g/mol. The first kappa shape index (κ1) is 13.2. The van der Waals surface area contributed by atoms with Crippen LogP contribution in [-0.4, -0.2) is 35.6 Å². The Morgan fingerprint density at radius 2 is 1.74 bits per heavy atom. The zero-order valence-electron chi connectivity index (χ0n) is 11.7. The summed E-state index contributed by atoms with van der Waals surface area (Å²) < 4.78 is 0. The number of carbonyl (C=O) groups is 1. The monoisotopic (exact) mass is 263 g/mol. The van der Waals surface area contributed by atoms with Crippen LogP contribution < -0.4 is 0 Å². The second kappa shape index (κ2) is 4.93. The van der Waals surface area contributed by atoms with Gasteiger partial charge in [0.1, 0.15) is 0 Å². The predicted molar refractivity (Wildman–Crippen MR) is 74.5 cm³/mol. The maximum atomic E-state index is 12.9. The van der Waals surface area contributed by atoms with Gasteiger partial charge >= 0.3 is 0 Å². The Labute approximate surface area is 115 Å². The number of carbonyl (C=O) groups excluding carboxylic acids is 1. The highest BCUT2D eigenvalue weighted by atomic mass is 16.3. The minimum atomic E-state index is -0.0903. The molecule has 4 fully saturated rings. The van der Waals surface area contributed by atoms with Crippen LogP contribution in [0.1, 0.15) is 38.5 Å². The fourth-order valence-corrected chi connectivity index (χ4v) is 5.26. The molecular formula is C16H25NO2. The predicted octanol–water partition coefficient (Wildman–Crippen LogP) is 2.21. The van der Waals surface area contributed by atoms with Crippen LogP contribution in [0.4, 0.5) is 0 Å². The molecular weight excluding hydrogens is 238 g/mol. The zero-order valence-corrected chi connectivity index (χ0v) is 11.7. The van der Waals surface area contributed by atoms with Crippen molar-refractivity contribution in [3.05, 3.63) is 12.7 Å². The Morgan fingerprint density at radius 1 is 1.21 bits per heavy atom. The Hall–Kier alpha value is -0.830. The number of hydrogen-bond donors (Lipinski definition) is 1. The van der Waals surface area contributed by atoms with Crippen LogP contribution in [0.25, 0.3) is 0 Å². The van der Waals surface area contributed by atoms with E-state index in [4.69, 9.17) is 5.11 Å². The van der Waals surface area contributed by atoms with Crippen LogP contribution in [0.3, 0.4) is 0 Å². The molecule has 0 aromatic heterocycles. The van der Waals surface area contributed by atoms with E-state index in [2.05, 4.69) is 6.58 Å². The lowest BCUT2D eigenvalue weighted by Crippen LogP contribution is -2.55. The molecule has 4 rings (SSSR count). The third-order valence-corrected chi connectivity index (χ3v) is 5.50. The van der Waals surface area contributed by atoms with Crippen molar-refractivity contribution in [1.29, 1.82) is 0 Å². The van der Waals surface area contributed by atoms with Crippen LogP contribution in [-0.2, 0) is 4.79 Å². The number of nitrogens with zero attached hydrogens (tertiary/aromatic N) is 1. The Kier molecular flexibility index (Phi) is 3.42. The van der Waals surface area contributed by atoms with E-state index in [1.165, 1.54) is 19.3 Å². The lowest BCUT2D eigenvalue weighted by Gasteiger charge is -2.56. The SMILES string of the molecule is C=CCN(CCO)C(=O)C12CC3CC(CC(C3)C1)C2. The van der Waals surface area contributed by atoms with Gasteiger partial charge in [-0.15, -0.1) is 6.58 Å². The maximum absolute atomic E-state index is 12.9. The van der Waals surface area contributed by atoms with Gasteiger partial charge in [0.2, 0.25) is 5.91 Å². The molecule has 0 saturated heterocycles. The molecule has 0 aromatic rings. The number of rotatable bonds is 5. The third-order valence-electron chi connectivity index (χ3n) is 5.50. The molecule has 106 valence electrons. The molecule has 0 atom stereocenters. The first-order valence-corrected chi connectivity index (χ1v) is 7.68. The fourth-order valence-electron chi connectivity index (χ4n) is 5.26. The summed E-state index contributed by atoms with van der Waals surface area (Å²) in [6.07, 6.45) is 9.12. The van der Waals surface area contributed by atoms with Gasteiger partial charge in [-0.2, -0.15) is 0 Å². The van der Waals surface area contributed by atoms with Crippen molar-refractivity contribution in [2.24, 2.45) is 23.2 Å². The molecule has 3 nitrogen and oxygen atoms in total. The summed E-state index contributed by atoms with van der Waals surface area (Å²) in [5.41, 5.74) is -0.0903. The molecule has 4 aliphatic rings. The van der Waals surface area contributed by atoms with E-state index in [-0.39, 0.29) is 12.0 Å². The number of aliphatic hydroxyl groups is 1. The lowest BCUT2D eigenvalue weighted by molar-refractivity contribution is -0.157. The standard InChI is InChI=1S/C16H25NO2/c1-2-3-17(4-5-18)15(19)16-9-12-6-13(10-16)8-14(7-12)11-16/h2,12-14,18H,1,3-11H2. The van der Waals surface area contributed by atoms with E-state index in [9.17, 15) is 4.79 Å². The lowest BCUT2D eigenvalue weighted by atomic mass is 9.49. The summed E-state index contributed by atoms with van der Waals surface area (Å²) in [6.45, 7) is 4.81. The minimum absolute atomic E-state index is 0.0476. The van der Waals surface area contributed by atoms with Gasteiger partial charge in [-0.1, -0.05) is 6.08 Å². The van der Waals surface area contributed by atoms with Crippen molar-refractivity contribution in [2.45, 2.75) is 38.5 Å². The van der Waals surface area contributed by atoms with Crippen molar-refractivity contribution >= 4 is 5.91 Å². The van der Waals surface area contributed by atoms with Gasteiger partial charge in [0.15, 0.2) is 0 Å².